The van der Waals surface area contributed by atoms with Gasteiger partial charge in [-0.25, -0.2) is 4.68 Å². The average Bonchev–Trinajstić information content (AvgIpc) is 2.66. The third-order valence-corrected chi connectivity index (χ3v) is 4.07. The monoisotopic (exact) mass is 351 g/mol. The van der Waals surface area contributed by atoms with E-state index < -0.39 is 0 Å². The van der Waals surface area contributed by atoms with Crippen LogP contribution < -0.4 is 10.9 Å². The van der Waals surface area contributed by atoms with Gasteiger partial charge in [-0.3, -0.25) is 9.59 Å². The fourth-order valence-electron chi connectivity index (χ4n) is 2.79. The summed E-state index contributed by atoms with van der Waals surface area (Å²) in [4.78, 5) is 24.1. The molecule has 1 N–H and O–H groups in total. The number of rotatable bonds is 7. The number of nitrogens with zero attached hydrogens (tertiary/aromatic N) is 2. The summed E-state index contributed by atoms with van der Waals surface area (Å²) in [5.74, 6) is -0.245. The van der Waals surface area contributed by atoms with Crippen molar-refractivity contribution in [3.8, 4) is 11.3 Å². The van der Waals surface area contributed by atoms with Gasteiger partial charge in [0.2, 0.25) is 5.91 Å². The molecule has 26 heavy (non-hydrogen) atoms. The zero-order valence-electron chi connectivity index (χ0n) is 14.6. The summed E-state index contributed by atoms with van der Waals surface area (Å²) >= 11 is 0. The maximum Gasteiger partial charge on any atom is 0.267 e. The highest BCUT2D eigenvalue weighted by Gasteiger charge is 2.09. The predicted molar refractivity (Wildman–Crippen MR) is 101 cm³/mol. The highest BCUT2D eigenvalue weighted by Crippen LogP contribution is 2.26. The van der Waals surface area contributed by atoms with E-state index in [9.17, 15) is 9.59 Å². The van der Waals surface area contributed by atoms with Crippen LogP contribution in [0.5, 0.6) is 0 Å². The van der Waals surface area contributed by atoms with Gasteiger partial charge in [-0.05, 0) is 23.3 Å². The van der Waals surface area contributed by atoms with E-state index in [1.54, 1.807) is 13.2 Å². The highest BCUT2D eigenvalue weighted by molar-refractivity contribution is 5.95. The van der Waals surface area contributed by atoms with Crippen LogP contribution in [0.1, 0.15) is 6.42 Å². The number of carbonyl (C=O) groups is 1. The van der Waals surface area contributed by atoms with E-state index in [1.807, 2.05) is 42.5 Å². The van der Waals surface area contributed by atoms with E-state index in [0.717, 1.165) is 22.8 Å². The Morgan fingerprint density at radius 3 is 2.77 bits per heavy atom. The summed E-state index contributed by atoms with van der Waals surface area (Å²) in [5.41, 5.74) is 1.28. The minimum Gasteiger partial charge on any atom is -0.385 e. The molecule has 0 saturated heterocycles. The van der Waals surface area contributed by atoms with E-state index in [2.05, 4.69) is 10.4 Å². The van der Waals surface area contributed by atoms with Crippen molar-refractivity contribution in [1.82, 2.24) is 15.1 Å². The molecule has 0 spiro atoms. The third-order valence-electron chi connectivity index (χ3n) is 4.07. The van der Waals surface area contributed by atoms with Crippen molar-refractivity contribution < 1.29 is 9.53 Å². The lowest BCUT2D eigenvalue weighted by molar-refractivity contribution is -0.121. The lowest BCUT2D eigenvalue weighted by Gasteiger charge is -2.10. The fourth-order valence-corrected chi connectivity index (χ4v) is 2.79. The lowest BCUT2D eigenvalue weighted by atomic mass is 10.0. The summed E-state index contributed by atoms with van der Waals surface area (Å²) in [6, 6.07) is 17.1. The molecule has 2 aromatic carbocycles. The number of nitrogens with one attached hydrogen (secondary N) is 1. The van der Waals surface area contributed by atoms with Crippen LogP contribution >= 0.6 is 0 Å². The van der Waals surface area contributed by atoms with Crippen LogP contribution in [-0.4, -0.2) is 35.9 Å². The van der Waals surface area contributed by atoms with Gasteiger partial charge in [-0.15, -0.1) is 0 Å². The van der Waals surface area contributed by atoms with E-state index in [-0.39, 0.29) is 18.0 Å². The SMILES string of the molecule is COCCCNC(=O)Cn1nc(-c2cccc3ccccc23)ccc1=O. The molecule has 3 aromatic rings. The molecule has 6 nitrogen and oxygen atoms in total. The lowest BCUT2D eigenvalue weighted by Crippen LogP contribution is -2.34. The van der Waals surface area contributed by atoms with Crippen molar-refractivity contribution in [1.29, 1.82) is 0 Å². The Bertz CT molecular complexity index is 960. The first kappa shape index (κ1) is 17.8. The zero-order valence-corrected chi connectivity index (χ0v) is 14.6. The minimum atomic E-state index is -0.305. The molecule has 1 amide bonds. The standard InChI is InChI=1S/C20H21N3O3/c1-26-13-5-12-21-19(24)14-23-20(25)11-10-18(22-23)17-9-4-7-15-6-2-3-8-16(15)17/h2-4,6-11H,5,12-14H2,1H3,(H,21,24). The van der Waals surface area contributed by atoms with Gasteiger partial charge < -0.3 is 10.1 Å². The van der Waals surface area contributed by atoms with Gasteiger partial charge >= 0.3 is 0 Å². The molecule has 0 bridgehead atoms. The van der Waals surface area contributed by atoms with Crippen LogP contribution in [0.2, 0.25) is 0 Å². The quantitative estimate of drug-likeness (QED) is 0.663. The van der Waals surface area contributed by atoms with Gasteiger partial charge in [0, 0.05) is 31.9 Å². The van der Waals surface area contributed by atoms with Gasteiger partial charge in [0.25, 0.3) is 5.56 Å². The maximum atomic E-state index is 12.1. The average molecular weight is 351 g/mol. The number of aromatic nitrogens is 2. The Balaban J connectivity index is 1.83. The van der Waals surface area contributed by atoms with Gasteiger partial charge in [-0.2, -0.15) is 5.10 Å². The molecule has 0 aliphatic heterocycles. The van der Waals surface area contributed by atoms with Crippen LogP contribution in [0.4, 0.5) is 0 Å². The summed E-state index contributed by atoms with van der Waals surface area (Å²) in [6.07, 6.45) is 0.723. The van der Waals surface area contributed by atoms with Crippen molar-refractivity contribution in [2.24, 2.45) is 0 Å². The largest absolute Gasteiger partial charge is 0.385 e. The van der Waals surface area contributed by atoms with Gasteiger partial charge in [-0.1, -0.05) is 42.5 Å². The third kappa shape index (κ3) is 4.15. The molecule has 0 aliphatic carbocycles. The number of amides is 1. The topological polar surface area (TPSA) is 73.2 Å². The number of fused-ring (bicyclic) bond motifs is 1. The Kier molecular flexibility index (Phi) is 5.76. The Morgan fingerprint density at radius 1 is 1.12 bits per heavy atom. The number of hydrogen-bond donors (Lipinski definition) is 1. The second-order valence-electron chi connectivity index (χ2n) is 5.94. The number of ether oxygens (including phenoxy) is 1. The van der Waals surface area contributed by atoms with Crippen molar-refractivity contribution in [2.75, 3.05) is 20.3 Å². The maximum absolute atomic E-state index is 12.1. The van der Waals surface area contributed by atoms with E-state index in [4.69, 9.17) is 4.74 Å². The van der Waals surface area contributed by atoms with E-state index in [0.29, 0.717) is 18.8 Å². The molecule has 0 fully saturated rings. The van der Waals surface area contributed by atoms with E-state index >= 15 is 0 Å². The molecule has 3 rings (SSSR count). The van der Waals surface area contributed by atoms with E-state index in [1.165, 1.54) is 10.7 Å². The van der Waals surface area contributed by atoms with Gasteiger partial charge in [0.05, 0.1) is 5.69 Å². The number of methoxy groups -OCH3 is 1. The minimum absolute atomic E-state index is 0.107. The molecule has 6 heteroatoms. The van der Waals surface area contributed by atoms with Crippen molar-refractivity contribution in [3.63, 3.8) is 0 Å². The Morgan fingerprint density at radius 2 is 1.92 bits per heavy atom. The molecular weight excluding hydrogens is 330 g/mol. The van der Waals surface area contributed by atoms with Gasteiger partial charge in [0.1, 0.15) is 6.54 Å². The molecule has 0 atom stereocenters. The van der Waals surface area contributed by atoms with Crippen LogP contribution in [0.3, 0.4) is 0 Å². The van der Waals surface area contributed by atoms with Crippen LogP contribution in [0, 0.1) is 0 Å². The van der Waals surface area contributed by atoms with Crippen LogP contribution in [0.15, 0.2) is 59.4 Å². The number of benzene rings is 2. The van der Waals surface area contributed by atoms with Crippen molar-refractivity contribution in [3.05, 3.63) is 65.0 Å². The van der Waals surface area contributed by atoms with Gasteiger partial charge in [0.15, 0.2) is 0 Å². The summed E-state index contributed by atoms with van der Waals surface area (Å²) in [6.45, 7) is 0.976. The van der Waals surface area contributed by atoms with Crippen molar-refractivity contribution >= 4 is 16.7 Å². The second-order valence-corrected chi connectivity index (χ2v) is 5.94. The molecule has 134 valence electrons. The summed E-state index contributed by atoms with van der Waals surface area (Å²) in [7, 11) is 1.62. The first-order chi connectivity index (χ1) is 12.7. The van der Waals surface area contributed by atoms with Crippen molar-refractivity contribution in [2.45, 2.75) is 13.0 Å². The first-order valence-electron chi connectivity index (χ1n) is 8.51. The highest BCUT2D eigenvalue weighted by atomic mass is 16.5. The summed E-state index contributed by atoms with van der Waals surface area (Å²) in [5, 5.41) is 9.31. The number of carbonyl (C=O) groups excluding carboxylic acids is 1. The second kappa shape index (κ2) is 8.40. The Labute approximate surface area is 151 Å². The molecule has 1 heterocycles. The zero-order chi connectivity index (χ0) is 18.4. The predicted octanol–water partition coefficient (Wildman–Crippen LogP) is 2.22. The molecular formula is C20H21N3O3. The molecule has 1 aromatic heterocycles. The molecule has 0 saturated carbocycles. The molecule has 0 aliphatic rings. The Hall–Kier alpha value is -2.99. The number of hydrogen-bond acceptors (Lipinski definition) is 4. The smallest absolute Gasteiger partial charge is 0.267 e. The summed E-state index contributed by atoms with van der Waals surface area (Å²) < 4.78 is 6.14. The molecule has 0 radical (unpaired) electrons. The van der Waals surface area contributed by atoms with Crippen LogP contribution in [0.25, 0.3) is 22.0 Å². The van der Waals surface area contributed by atoms with Crippen LogP contribution in [-0.2, 0) is 16.1 Å². The fraction of sp³-hybridized carbons (Fsp3) is 0.250. The molecule has 0 unspecified atom stereocenters. The first-order valence-corrected chi connectivity index (χ1v) is 8.51. The normalized spacial score (nSPS) is 10.8.